The van der Waals surface area contributed by atoms with Crippen molar-refractivity contribution in [1.82, 2.24) is 15.3 Å². The lowest BCUT2D eigenvalue weighted by Gasteiger charge is -2.07. The van der Waals surface area contributed by atoms with Gasteiger partial charge in [0.1, 0.15) is 10.6 Å². The number of aromatic nitrogens is 2. The number of hydrogen-bond acceptors (Lipinski definition) is 6. The first-order valence-corrected chi connectivity index (χ1v) is 8.79. The Labute approximate surface area is 153 Å². The van der Waals surface area contributed by atoms with Gasteiger partial charge >= 0.3 is 0 Å². The van der Waals surface area contributed by atoms with Crippen molar-refractivity contribution < 1.29 is 9.53 Å². The maximum atomic E-state index is 12.1. The largest absolute Gasteiger partial charge is 0.496 e. The van der Waals surface area contributed by atoms with Crippen molar-refractivity contribution >= 4 is 62.2 Å². The van der Waals surface area contributed by atoms with Gasteiger partial charge in [-0.05, 0) is 24.6 Å². The third-order valence-corrected chi connectivity index (χ3v) is 4.61. The van der Waals surface area contributed by atoms with E-state index in [2.05, 4.69) is 15.3 Å². The summed E-state index contributed by atoms with van der Waals surface area (Å²) in [5.41, 5.74) is 8.30. The number of allylic oxidation sites excluding steroid dienone is 2. The molecule has 0 bridgehead atoms. The highest BCUT2D eigenvalue weighted by Crippen LogP contribution is 2.31. The standard InChI is InChI=1S/C15H16Cl2N4O2S/c1-3-19-13(22)11-5-10-12(20-15(18)21-14(10)24-11)8(6-16)4-9(7-17)23-2/h4-5,7H,3,6H2,1-2H3,(H,19,22)(H2,18,20,21)/b8-4+,9-7-. The zero-order valence-electron chi connectivity index (χ0n) is 13.1. The monoisotopic (exact) mass is 386 g/mol. The Balaban J connectivity index is 2.62. The number of carbonyl (C=O) groups excluding carboxylic acids is 1. The fourth-order valence-electron chi connectivity index (χ4n) is 2.02. The van der Waals surface area contributed by atoms with Gasteiger partial charge < -0.3 is 15.8 Å². The number of rotatable bonds is 6. The summed E-state index contributed by atoms with van der Waals surface area (Å²) in [6.45, 7) is 2.39. The summed E-state index contributed by atoms with van der Waals surface area (Å²) in [5, 5.41) is 3.46. The molecule has 2 aromatic rings. The third kappa shape index (κ3) is 3.98. The van der Waals surface area contributed by atoms with Crippen molar-refractivity contribution in [3.63, 3.8) is 0 Å². The van der Waals surface area contributed by atoms with Crippen LogP contribution in [0.25, 0.3) is 15.8 Å². The molecule has 0 fully saturated rings. The summed E-state index contributed by atoms with van der Waals surface area (Å²) >= 11 is 13.0. The van der Waals surface area contributed by atoms with Crippen molar-refractivity contribution in [3.8, 4) is 0 Å². The molecule has 0 unspecified atom stereocenters. The predicted octanol–water partition coefficient (Wildman–Crippen LogP) is 3.37. The number of amides is 1. The van der Waals surface area contributed by atoms with Crippen LogP contribution in [0.15, 0.2) is 23.4 Å². The summed E-state index contributed by atoms with van der Waals surface area (Å²) in [6, 6.07) is 1.73. The topological polar surface area (TPSA) is 90.1 Å². The number of thiophene rings is 1. The summed E-state index contributed by atoms with van der Waals surface area (Å²) in [5.74, 6) is 0.526. The SMILES string of the molecule is CCNC(=O)c1cc2c(/C(=C/C(=C/Cl)OC)CCl)nc(N)nc2s1. The second kappa shape index (κ2) is 8.32. The number of nitrogens with zero attached hydrogens (tertiary/aromatic N) is 2. The summed E-state index contributed by atoms with van der Waals surface area (Å²) in [6.07, 6.45) is 1.67. The van der Waals surface area contributed by atoms with E-state index >= 15 is 0 Å². The molecule has 24 heavy (non-hydrogen) atoms. The van der Waals surface area contributed by atoms with Gasteiger partial charge in [0.05, 0.1) is 17.7 Å². The van der Waals surface area contributed by atoms with Crippen molar-refractivity contribution in [1.29, 1.82) is 0 Å². The molecule has 0 saturated heterocycles. The predicted molar refractivity (Wildman–Crippen MR) is 99.5 cm³/mol. The normalized spacial score (nSPS) is 12.5. The van der Waals surface area contributed by atoms with Crippen LogP contribution in [0.3, 0.4) is 0 Å². The van der Waals surface area contributed by atoms with Gasteiger partial charge in [0.2, 0.25) is 5.95 Å². The number of hydrogen-bond donors (Lipinski definition) is 2. The Morgan fingerprint density at radius 1 is 1.50 bits per heavy atom. The Morgan fingerprint density at radius 3 is 2.83 bits per heavy atom. The number of fused-ring (bicyclic) bond motifs is 1. The van der Waals surface area contributed by atoms with E-state index in [-0.39, 0.29) is 17.7 Å². The number of nitrogens with one attached hydrogen (secondary N) is 1. The number of ether oxygens (including phenoxy) is 1. The third-order valence-electron chi connectivity index (χ3n) is 3.08. The first kappa shape index (κ1) is 18.5. The number of alkyl halides is 1. The number of methoxy groups -OCH3 is 1. The average molecular weight is 387 g/mol. The Bertz CT molecular complexity index is 817. The molecule has 0 spiro atoms. The van der Waals surface area contributed by atoms with Crippen molar-refractivity contribution in [2.45, 2.75) is 6.92 Å². The maximum absolute atomic E-state index is 12.1. The van der Waals surface area contributed by atoms with Crippen LogP contribution in [0.1, 0.15) is 22.3 Å². The number of carbonyl (C=O) groups is 1. The average Bonchev–Trinajstić information content (AvgIpc) is 3.00. The van der Waals surface area contributed by atoms with E-state index in [1.54, 1.807) is 12.1 Å². The van der Waals surface area contributed by atoms with Gasteiger partial charge in [-0.1, -0.05) is 11.6 Å². The molecule has 0 aliphatic rings. The van der Waals surface area contributed by atoms with Crippen LogP contribution in [-0.2, 0) is 4.74 Å². The van der Waals surface area contributed by atoms with Crippen LogP contribution in [0.4, 0.5) is 5.95 Å². The van der Waals surface area contributed by atoms with E-state index in [9.17, 15) is 4.79 Å². The summed E-state index contributed by atoms with van der Waals surface area (Å²) < 4.78 is 5.13. The number of nitrogen functional groups attached to an aromatic ring is 1. The Kier molecular flexibility index (Phi) is 6.42. The molecule has 2 aromatic heterocycles. The first-order valence-electron chi connectivity index (χ1n) is 7.00. The molecule has 6 nitrogen and oxygen atoms in total. The summed E-state index contributed by atoms with van der Waals surface area (Å²) in [7, 11) is 1.50. The second-order valence-corrected chi connectivity index (χ2v) is 6.15. The molecule has 0 aromatic carbocycles. The Hall–Kier alpha value is -1.83. The minimum Gasteiger partial charge on any atom is -0.496 e. The van der Waals surface area contributed by atoms with Gasteiger partial charge in [0, 0.05) is 23.3 Å². The quantitative estimate of drug-likeness (QED) is 0.451. The van der Waals surface area contributed by atoms with Crippen LogP contribution in [-0.4, -0.2) is 35.4 Å². The molecule has 2 rings (SSSR count). The van der Waals surface area contributed by atoms with E-state index in [4.69, 9.17) is 33.7 Å². The lowest BCUT2D eigenvalue weighted by molar-refractivity contribution is 0.0960. The highest BCUT2D eigenvalue weighted by atomic mass is 35.5. The van der Waals surface area contributed by atoms with E-state index < -0.39 is 0 Å². The van der Waals surface area contributed by atoms with E-state index in [1.165, 1.54) is 24.0 Å². The van der Waals surface area contributed by atoms with Crippen LogP contribution in [0.2, 0.25) is 0 Å². The van der Waals surface area contributed by atoms with Gasteiger partial charge in [-0.25, -0.2) is 9.97 Å². The second-order valence-electron chi connectivity index (χ2n) is 4.64. The number of nitrogens with two attached hydrogens (primary N) is 1. The highest BCUT2D eigenvalue weighted by molar-refractivity contribution is 7.20. The molecule has 0 saturated carbocycles. The zero-order chi connectivity index (χ0) is 17.7. The zero-order valence-corrected chi connectivity index (χ0v) is 15.4. The van der Waals surface area contributed by atoms with Crippen molar-refractivity contribution in [3.05, 3.63) is 34.0 Å². The molecule has 1 amide bonds. The molecule has 2 heterocycles. The van der Waals surface area contributed by atoms with Gasteiger partial charge in [0.15, 0.2) is 0 Å². The fraction of sp³-hybridized carbons (Fsp3) is 0.267. The number of halogens is 2. The lowest BCUT2D eigenvalue weighted by atomic mass is 10.1. The molecule has 0 radical (unpaired) electrons. The molecule has 0 aliphatic carbocycles. The van der Waals surface area contributed by atoms with Crippen molar-refractivity contribution in [2.24, 2.45) is 0 Å². The summed E-state index contributed by atoms with van der Waals surface area (Å²) in [4.78, 5) is 21.7. The molecule has 128 valence electrons. The fourth-order valence-corrected chi connectivity index (χ4v) is 3.33. The minimum atomic E-state index is -0.167. The van der Waals surface area contributed by atoms with E-state index in [1.807, 2.05) is 6.92 Å². The lowest BCUT2D eigenvalue weighted by Crippen LogP contribution is -2.21. The van der Waals surface area contributed by atoms with E-state index in [0.717, 1.165) is 0 Å². The van der Waals surface area contributed by atoms with Gasteiger partial charge in [0.25, 0.3) is 5.91 Å². The maximum Gasteiger partial charge on any atom is 0.261 e. The van der Waals surface area contributed by atoms with Crippen molar-refractivity contribution in [2.75, 3.05) is 25.3 Å². The van der Waals surface area contributed by atoms with Gasteiger partial charge in [-0.15, -0.1) is 22.9 Å². The smallest absolute Gasteiger partial charge is 0.261 e. The van der Waals surface area contributed by atoms with Crippen LogP contribution in [0.5, 0.6) is 0 Å². The van der Waals surface area contributed by atoms with Gasteiger partial charge in [-0.2, -0.15) is 0 Å². The van der Waals surface area contributed by atoms with Crippen LogP contribution >= 0.6 is 34.5 Å². The Morgan fingerprint density at radius 2 is 2.25 bits per heavy atom. The minimum absolute atomic E-state index is 0.103. The molecular formula is C15H16Cl2N4O2S. The highest BCUT2D eigenvalue weighted by Gasteiger charge is 2.17. The number of anilines is 1. The first-order chi connectivity index (χ1) is 11.5. The molecule has 0 aliphatic heterocycles. The van der Waals surface area contributed by atoms with Crippen LogP contribution < -0.4 is 11.1 Å². The molecule has 3 N–H and O–H groups in total. The van der Waals surface area contributed by atoms with Gasteiger partial charge in [-0.3, -0.25) is 4.79 Å². The van der Waals surface area contributed by atoms with E-state index in [0.29, 0.717) is 38.7 Å². The molecular weight excluding hydrogens is 371 g/mol. The molecule has 9 heteroatoms. The molecule has 0 atom stereocenters. The van der Waals surface area contributed by atoms with Crippen LogP contribution in [0, 0.1) is 0 Å².